The molecule has 0 aliphatic rings. The third-order valence-corrected chi connectivity index (χ3v) is 6.89. The molecule has 7 heteroatoms. The second kappa shape index (κ2) is 9.02. The van der Waals surface area contributed by atoms with E-state index in [2.05, 4.69) is 0 Å². The number of sulfonamides is 1. The van der Waals surface area contributed by atoms with E-state index in [9.17, 15) is 17.2 Å². The zero-order valence-electron chi connectivity index (χ0n) is 15.6. The topological polar surface area (TPSA) is 37.4 Å². The Morgan fingerprint density at radius 2 is 1.70 bits per heavy atom. The van der Waals surface area contributed by atoms with Gasteiger partial charge < -0.3 is 0 Å². The SMILES string of the molecule is CCCCC(C)C(C)N(c1cc(F)ccc1F)S(=O)(=O)c1ccc(Cl)cc1. The standard InChI is InChI=1S/C20H24ClF2NO2S/c1-4-5-6-14(2)15(3)24(20-13-17(22)9-12-19(20)23)27(25,26)18-10-7-16(21)8-11-18/h7-15H,4-6H2,1-3H3. The minimum absolute atomic E-state index is 0.0231. The second-order valence-corrected chi connectivity index (χ2v) is 8.96. The first kappa shape index (κ1) is 21.6. The molecule has 2 atom stereocenters. The van der Waals surface area contributed by atoms with Gasteiger partial charge in [-0.1, -0.05) is 38.3 Å². The quantitative estimate of drug-likeness (QED) is 0.528. The Morgan fingerprint density at radius 1 is 1.07 bits per heavy atom. The molecule has 0 aromatic heterocycles. The zero-order valence-corrected chi connectivity index (χ0v) is 17.2. The molecule has 2 aromatic carbocycles. The van der Waals surface area contributed by atoms with Crippen LogP contribution in [0.15, 0.2) is 47.4 Å². The third-order valence-electron chi connectivity index (χ3n) is 4.72. The normalized spacial score (nSPS) is 14.0. The number of anilines is 1. The van der Waals surface area contributed by atoms with E-state index < -0.39 is 27.7 Å². The van der Waals surface area contributed by atoms with E-state index in [1.165, 1.54) is 24.3 Å². The number of rotatable bonds is 8. The average molecular weight is 416 g/mol. The van der Waals surface area contributed by atoms with Crippen LogP contribution in [-0.4, -0.2) is 14.5 Å². The molecular weight excluding hydrogens is 392 g/mol. The lowest BCUT2D eigenvalue weighted by molar-refractivity contribution is 0.429. The van der Waals surface area contributed by atoms with Gasteiger partial charge in [-0.25, -0.2) is 17.2 Å². The fourth-order valence-corrected chi connectivity index (χ4v) is 4.82. The number of benzene rings is 2. The molecule has 0 saturated heterocycles. The van der Waals surface area contributed by atoms with Crippen LogP contribution >= 0.6 is 11.6 Å². The molecule has 0 bridgehead atoms. The zero-order chi connectivity index (χ0) is 20.2. The van der Waals surface area contributed by atoms with Gasteiger partial charge in [0.1, 0.15) is 11.6 Å². The molecule has 0 heterocycles. The van der Waals surface area contributed by atoms with Crippen LogP contribution in [0.5, 0.6) is 0 Å². The second-order valence-electron chi connectivity index (χ2n) is 6.71. The summed E-state index contributed by atoms with van der Waals surface area (Å²) in [4.78, 5) is -0.0231. The molecule has 0 fully saturated rings. The highest BCUT2D eigenvalue weighted by molar-refractivity contribution is 7.92. The Kier molecular flexibility index (Phi) is 7.23. The van der Waals surface area contributed by atoms with Gasteiger partial charge in [0.05, 0.1) is 10.6 Å². The van der Waals surface area contributed by atoms with Crippen LogP contribution in [0.1, 0.15) is 40.0 Å². The fraction of sp³-hybridized carbons (Fsp3) is 0.400. The van der Waals surface area contributed by atoms with Crippen molar-refractivity contribution in [2.75, 3.05) is 4.31 Å². The van der Waals surface area contributed by atoms with Crippen molar-refractivity contribution < 1.29 is 17.2 Å². The van der Waals surface area contributed by atoms with Crippen molar-refractivity contribution in [1.29, 1.82) is 0 Å². The van der Waals surface area contributed by atoms with Crippen molar-refractivity contribution in [3.05, 3.63) is 59.1 Å². The lowest BCUT2D eigenvalue weighted by atomic mass is 9.97. The Morgan fingerprint density at radius 3 is 2.30 bits per heavy atom. The van der Waals surface area contributed by atoms with Crippen molar-refractivity contribution >= 4 is 27.3 Å². The van der Waals surface area contributed by atoms with Crippen LogP contribution < -0.4 is 4.31 Å². The minimum atomic E-state index is -4.11. The average Bonchev–Trinajstić information content (AvgIpc) is 2.62. The summed E-state index contributed by atoms with van der Waals surface area (Å²) in [5.74, 6) is -1.53. The maximum atomic E-state index is 14.5. The predicted octanol–water partition coefficient (Wildman–Crippen LogP) is 6.03. The lowest BCUT2D eigenvalue weighted by Gasteiger charge is -2.34. The fourth-order valence-electron chi connectivity index (χ4n) is 2.94. The van der Waals surface area contributed by atoms with Crippen molar-refractivity contribution in [2.45, 2.75) is 51.0 Å². The first-order valence-electron chi connectivity index (χ1n) is 8.93. The molecule has 3 nitrogen and oxygen atoms in total. The van der Waals surface area contributed by atoms with Gasteiger partial charge >= 0.3 is 0 Å². The molecular formula is C20H24ClF2NO2S. The van der Waals surface area contributed by atoms with Crippen LogP contribution in [0, 0.1) is 17.6 Å². The van der Waals surface area contributed by atoms with Crippen molar-refractivity contribution in [2.24, 2.45) is 5.92 Å². The summed E-state index contributed by atoms with van der Waals surface area (Å²) in [6.07, 6.45) is 2.67. The van der Waals surface area contributed by atoms with E-state index in [4.69, 9.17) is 11.6 Å². The summed E-state index contributed by atoms with van der Waals surface area (Å²) in [6.45, 7) is 5.69. The molecule has 0 aliphatic heterocycles. The highest BCUT2D eigenvalue weighted by Gasteiger charge is 2.34. The van der Waals surface area contributed by atoms with E-state index >= 15 is 0 Å². The van der Waals surface area contributed by atoms with Crippen LogP contribution in [0.25, 0.3) is 0 Å². The van der Waals surface area contributed by atoms with E-state index in [1.54, 1.807) is 6.92 Å². The van der Waals surface area contributed by atoms with Crippen LogP contribution in [0.3, 0.4) is 0 Å². The molecule has 2 unspecified atom stereocenters. The van der Waals surface area contributed by atoms with Gasteiger partial charge in [0.2, 0.25) is 0 Å². The van der Waals surface area contributed by atoms with Crippen molar-refractivity contribution in [1.82, 2.24) is 0 Å². The largest absolute Gasteiger partial charge is 0.264 e. The molecule has 27 heavy (non-hydrogen) atoms. The highest BCUT2D eigenvalue weighted by atomic mass is 35.5. The van der Waals surface area contributed by atoms with Gasteiger partial charge in [0.25, 0.3) is 10.0 Å². The van der Waals surface area contributed by atoms with Crippen LogP contribution in [0.4, 0.5) is 14.5 Å². The van der Waals surface area contributed by atoms with Crippen molar-refractivity contribution in [3.8, 4) is 0 Å². The summed E-state index contributed by atoms with van der Waals surface area (Å²) in [7, 11) is -4.11. The Bertz CT molecular complexity index is 872. The Hall–Kier alpha value is -1.66. The maximum absolute atomic E-state index is 14.5. The molecule has 2 rings (SSSR count). The summed E-state index contributed by atoms with van der Waals surface area (Å²) < 4.78 is 56.0. The number of hydrogen-bond acceptors (Lipinski definition) is 2. The summed E-state index contributed by atoms with van der Waals surface area (Å²) in [5.41, 5.74) is -0.291. The molecule has 2 aromatic rings. The Labute approximate surface area is 165 Å². The summed E-state index contributed by atoms with van der Waals surface area (Å²) >= 11 is 5.86. The smallest absolute Gasteiger partial charge is 0.260 e. The molecule has 0 saturated carbocycles. The van der Waals surface area contributed by atoms with Gasteiger partial charge in [0, 0.05) is 17.1 Å². The predicted molar refractivity (Wildman–Crippen MR) is 106 cm³/mol. The highest BCUT2D eigenvalue weighted by Crippen LogP contribution is 2.33. The first-order valence-corrected chi connectivity index (χ1v) is 10.7. The minimum Gasteiger partial charge on any atom is -0.260 e. The van der Waals surface area contributed by atoms with E-state index in [-0.39, 0.29) is 16.5 Å². The number of unbranched alkanes of at least 4 members (excludes halogenated alkanes) is 1. The van der Waals surface area contributed by atoms with Gasteiger partial charge in [-0.2, -0.15) is 0 Å². The number of hydrogen-bond donors (Lipinski definition) is 0. The maximum Gasteiger partial charge on any atom is 0.264 e. The lowest BCUT2D eigenvalue weighted by Crippen LogP contribution is -2.43. The number of nitrogens with zero attached hydrogens (tertiary/aromatic N) is 1. The molecule has 0 amide bonds. The molecule has 0 N–H and O–H groups in total. The summed E-state index contributed by atoms with van der Waals surface area (Å²) in [5, 5.41) is 0.391. The van der Waals surface area contributed by atoms with Gasteiger partial charge in [-0.05, 0) is 55.7 Å². The van der Waals surface area contributed by atoms with Crippen LogP contribution in [0.2, 0.25) is 5.02 Å². The summed E-state index contributed by atoms with van der Waals surface area (Å²) in [6, 6.07) is 7.92. The van der Waals surface area contributed by atoms with E-state index in [1.807, 2.05) is 13.8 Å². The van der Waals surface area contributed by atoms with Gasteiger partial charge in [0.15, 0.2) is 0 Å². The van der Waals surface area contributed by atoms with E-state index in [0.717, 1.165) is 41.8 Å². The van der Waals surface area contributed by atoms with Gasteiger partial charge in [-0.15, -0.1) is 0 Å². The third kappa shape index (κ3) is 4.99. The van der Waals surface area contributed by atoms with Crippen molar-refractivity contribution in [3.63, 3.8) is 0 Å². The van der Waals surface area contributed by atoms with Gasteiger partial charge in [-0.3, -0.25) is 4.31 Å². The van der Waals surface area contributed by atoms with Crippen LogP contribution in [-0.2, 0) is 10.0 Å². The molecule has 148 valence electrons. The molecule has 0 radical (unpaired) electrons. The first-order chi connectivity index (χ1) is 12.7. The monoisotopic (exact) mass is 415 g/mol. The number of halogens is 3. The molecule has 0 aliphatic carbocycles. The van der Waals surface area contributed by atoms with E-state index in [0.29, 0.717) is 5.02 Å². The Balaban J connectivity index is 2.58. The molecule has 0 spiro atoms.